The highest BCUT2D eigenvalue weighted by atomic mass is 16.5. The first kappa shape index (κ1) is 16.4. The van der Waals surface area contributed by atoms with E-state index in [0.717, 1.165) is 26.1 Å². The Kier molecular flexibility index (Phi) is 5.38. The molecule has 1 saturated heterocycles. The van der Waals surface area contributed by atoms with Gasteiger partial charge < -0.3 is 10.1 Å². The van der Waals surface area contributed by atoms with E-state index in [1.807, 2.05) is 29.1 Å². The van der Waals surface area contributed by atoms with Gasteiger partial charge in [-0.15, -0.1) is 0 Å². The van der Waals surface area contributed by atoms with Crippen LogP contribution in [-0.4, -0.2) is 34.7 Å². The second kappa shape index (κ2) is 7.88. The maximum atomic E-state index is 12.0. The van der Waals surface area contributed by atoms with Gasteiger partial charge in [0.1, 0.15) is 0 Å². The van der Waals surface area contributed by atoms with E-state index in [1.165, 1.54) is 0 Å². The molecule has 24 heavy (non-hydrogen) atoms. The van der Waals surface area contributed by atoms with Gasteiger partial charge in [-0.2, -0.15) is 5.10 Å². The number of carbonyl (C=O) groups excluding carboxylic acids is 2. The molecule has 0 bridgehead atoms. The highest BCUT2D eigenvalue weighted by Crippen LogP contribution is 2.21. The number of nitrogens with one attached hydrogen (secondary N) is 1. The number of hydrogen-bond acceptors (Lipinski definition) is 4. The van der Waals surface area contributed by atoms with E-state index >= 15 is 0 Å². The van der Waals surface area contributed by atoms with Gasteiger partial charge in [-0.1, -0.05) is 30.3 Å². The quantitative estimate of drug-likeness (QED) is 0.828. The Bertz CT molecular complexity index is 691. The molecule has 2 aromatic rings. The molecule has 1 fully saturated rings. The lowest BCUT2D eigenvalue weighted by Crippen LogP contribution is -2.19. The highest BCUT2D eigenvalue weighted by Gasteiger charge is 2.17. The van der Waals surface area contributed by atoms with E-state index in [-0.39, 0.29) is 24.5 Å². The predicted octanol–water partition coefficient (Wildman–Crippen LogP) is 2.84. The zero-order valence-corrected chi connectivity index (χ0v) is 13.5. The van der Waals surface area contributed by atoms with Gasteiger partial charge in [0.15, 0.2) is 5.78 Å². The number of carbonyl (C=O) groups is 2. The van der Waals surface area contributed by atoms with Crippen LogP contribution in [0.25, 0.3) is 0 Å². The first-order chi connectivity index (χ1) is 11.7. The van der Waals surface area contributed by atoms with Gasteiger partial charge in [0, 0.05) is 37.8 Å². The molecule has 6 nitrogen and oxygen atoms in total. The van der Waals surface area contributed by atoms with E-state index in [0.29, 0.717) is 17.3 Å². The Morgan fingerprint density at radius 3 is 2.67 bits per heavy atom. The van der Waals surface area contributed by atoms with Gasteiger partial charge >= 0.3 is 0 Å². The minimum absolute atomic E-state index is 0.0244. The van der Waals surface area contributed by atoms with Crippen molar-refractivity contribution in [3.05, 3.63) is 48.3 Å². The normalized spacial score (nSPS) is 15.2. The number of Topliss-reactive ketones (excluding diaryl/α,β-unsaturated/α-hetero) is 1. The molecule has 126 valence electrons. The molecule has 1 aliphatic heterocycles. The molecule has 0 radical (unpaired) electrons. The fourth-order valence-corrected chi connectivity index (χ4v) is 2.77. The fraction of sp³-hybridized carbons (Fsp3) is 0.389. The Hall–Kier alpha value is -2.47. The van der Waals surface area contributed by atoms with Crippen molar-refractivity contribution in [2.45, 2.75) is 31.7 Å². The van der Waals surface area contributed by atoms with Crippen molar-refractivity contribution < 1.29 is 14.3 Å². The van der Waals surface area contributed by atoms with Crippen LogP contribution in [0, 0.1) is 0 Å². The van der Waals surface area contributed by atoms with Crippen molar-refractivity contribution >= 4 is 17.4 Å². The van der Waals surface area contributed by atoms with Gasteiger partial charge in [-0.05, 0) is 12.8 Å². The van der Waals surface area contributed by atoms with Crippen molar-refractivity contribution in [3.8, 4) is 0 Å². The minimum atomic E-state index is -0.175. The number of benzene rings is 1. The molecule has 0 saturated carbocycles. The number of ether oxygens (including phenoxy) is 1. The average Bonchev–Trinajstić information content (AvgIpc) is 3.09. The monoisotopic (exact) mass is 327 g/mol. The van der Waals surface area contributed by atoms with Crippen LogP contribution in [0.15, 0.2) is 42.7 Å². The van der Waals surface area contributed by atoms with Crippen LogP contribution in [0.2, 0.25) is 0 Å². The zero-order chi connectivity index (χ0) is 16.8. The van der Waals surface area contributed by atoms with Crippen LogP contribution < -0.4 is 5.32 Å². The summed E-state index contributed by atoms with van der Waals surface area (Å²) in [7, 11) is 0. The molecule has 0 atom stereocenters. The molecule has 3 rings (SSSR count). The maximum Gasteiger partial charge on any atom is 0.224 e. The van der Waals surface area contributed by atoms with E-state index < -0.39 is 0 Å². The SMILES string of the molecule is O=C(CCC(=O)c1ccccc1)Nc1cnn(C2CCOCC2)c1. The third-order valence-electron chi connectivity index (χ3n) is 4.13. The van der Waals surface area contributed by atoms with Gasteiger partial charge in [0.25, 0.3) is 0 Å². The van der Waals surface area contributed by atoms with Crippen molar-refractivity contribution in [3.63, 3.8) is 0 Å². The van der Waals surface area contributed by atoms with Crippen LogP contribution in [-0.2, 0) is 9.53 Å². The lowest BCUT2D eigenvalue weighted by atomic mass is 10.1. The standard InChI is InChI=1S/C18H21N3O3/c22-17(14-4-2-1-3-5-14)6-7-18(23)20-15-12-19-21(13-15)16-8-10-24-11-9-16/h1-5,12-13,16H,6-11H2,(H,20,23). The third kappa shape index (κ3) is 4.29. The second-order valence-corrected chi connectivity index (χ2v) is 5.89. The summed E-state index contributed by atoms with van der Waals surface area (Å²) in [5, 5.41) is 7.12. The third-order valence-corrected chi connectivity index (χ3v) is 4.13. The first-order valence-electron chi connectivity index (χ1n) is 8.22. The molecule has 1 aromatic carbocycles. The van der Waals surface area contributed by atoms with Crippen molar-refractivity contribution in [2.75, 3.05) is 18.5 Å². The van der Waals surface area contributed by atoms with E-state index in [2.05, 4.69) is 10.4 Å². The Morgan fingerprint density at radius 1 is 1.17 bits per heavy atom. The average molecular weight is 327 g/mol. The molecule has 1 N–H and O–H groups in total. The van der Waals surface area contributed by atoms with Crippen molar-refractivity contribution in [1.82, 2.24) is 9.78 Å². The highest BCUT2D eigenvalue weighted by molar-refractivity contribution is 5.99. The van der Waals surface area contributed by atoms with Gasteiger partial charge in [-0.3, -0.25) is 14.3 Å². The van der Waals surface area contributed by atoms with E-state index in [4.69, 9.17) is 4.74 Å². The first-order valence-corrected chi connectivity index (χ1v) is 8.22. The molecule has 1 aliphatic rings. The van der Waals surface area contributed by atoms with E-state index in [9.17, 15) is 9.59 Å². The predicted molar refractivity (Wildman–Crippen MR) is 90.0 cm³/mol. The largest absolute Gasteiger partial charge is 0.381 e. The summed E-state index contributed by atoms with van der Waals surface area (Å²) in [4.78, 5) is 24.0. The van der Waals surface area contributed by atoms with Crippen LogP contribution >= 0.6 is 0 Å². The summed E-state index contributed by atoms with van der Waals surface area (Å²) >= 11 is 0. The number of ketones is 1. The number of nitrogens with zero attached hydrogens (tertiary/aromatic N) is 2. The molecular weight excluding hydrogens is 306 g/mol. The summed E-state index contributed by atoms with van der Waals surface area (Å²) in [6.45, 7) is 1.49. The topological polar surface area (TPSA) is 73.2 Å². The van der Waals surface area contributed by atoms with Crippen LogP contribution in [0.1, 0.15) is 42.1 Å². The molecule has 1 amide bonds. The van der Waals surface area contributed by atoms with Crippen LogP contribution in [0.5, 0.6) is 0 Å². The van der Waals surface area contributed by atoms with Gasteiger partial charge in [0.05, 0.1) is 17.9 Å². The van der Waals surface area contributed by atoms with Gasteiger partial charge in [0.2, 0.25) is 5.91 Å². The van der Waals surface area contributed by atoms with Crippen LogP contribution in [0.3, 0.4) is 0 Å². The van der Waals surface area contributed by atoms with Crippen molar-refractivity contribution in [1.29, 1.82) is 0 Å². The van der Waals surface area contributed by atoms with Gasteiger partial charge in [-0.25, -0.2) is 0 Å². The maximum absolute atomic E-state index is 12.0. The number of rotatable bonds is 6. The Labute approximate surface area is 140 Å². The number of amides is 1. The Balaban J connectivity index is 1.48. The molecule has 2 heterocycles. The summed E-state index contributed by atoms with van der Waals surface area (Å²) in [5.41, 5.74) is 1.30. The number of hydrogen-bond donors (Lipinski definition) is 1. The number of anilines is 1. The molecule has 0 spiro atoms. The molecule has 1 aromatic heterocycles. The molecule has 6 heteroatoms. The molecular formula is C18H21N3O3. The smallest absolute Gasteiger partial charge is 0.224 e. The molecule has 0 unspecified atom stereocenters. The van der Waals surface area contributed by atoms with E-state index in [1.54, 1.807) is 18.3 Å². The lowest BCUT2D eigenvalue weighted by molar-refractivity contribution is -0.116. The van der Waals surface area contributed by atoms with Crippen molar-refractivity contribution in [2.24, 2.45) is 0 Å². The minimum Gasteiger partial charge on any atom is -0.381 e. The zero-order valence-electron chi connectivity index (χ0n) is 13.5. The molecule has 0 aliphatic carbocycles. The summed E-state index contributed by atoms with van der Waals surface area (Å²) in [5.74, 6) is -0.200. The fourth-order valence-electron chi connectivity index (χ4n) is 2.77. The summed E-state index contributed by atoms with van der Waals surface area (Å²) in [6.07, 6.45) is 5.71. The summed E-state index contributed by atoms with van der Waals surface area (Å²) in [6, 6.07) is 9.34. The van der Waals surface area contributed by atoms with Crippen LogP contribution in [0.4, 0.5) is 5.69 Å². The second-order valence-electron chi connectivity index (χ2n) is 5.89. The Morgan fingerprint density at radius 2 is 1.92 bits per heavy atom. The lowest BCUT2D eigenvalue weighted by Gasteiger charge is -2.22. The summed E-state index contributed by atoms with van der Waals surface area (Å²) < 4.78 is 7.22. The number of aromatic nitrogens is 2.